The number of nitrogens with one attached hydrogen (secondary N) is 2. The molecule has 0 unspecified atom stereocenters. The molecule has 0 aliphatic carbocycles. The third-order valence-corrected chi connectivity index (χ3v) is 7.58. The maximum atomic E-state index is 12.9. The first-order chi connectivity index (χ1) is 18.8. The predicted octanol–water partition coefficient (Wildman–Crippen LogP) is 4.35. The fraction of sp³-hybridized carbons (Fsp3) is 0.448. The first-order valence-corrected chi connectivity index (χ1v) is 13.8. The van der Waals surface area contributed by atoms with Crippen molar-refractivity contribution in [2.24, 2.45) is 12.0 Å². The van der Waals surface area contributed by atoms with Gasteiger partial charge in [0, 0.05) is 55.4 Å². The van der Waals surface area contributed by atoms with Crippen molar-refractivity contribution in [3.8, 4) is 5.88 Å². The van der Waals surface area contributed by atoms with Crippen LogP contribution >= 0.6 is 0 Å². The molecule has 5 rings (SSSR count). The highest BCUT2D eigenvalue weighted by Crippen LogP contribution is 2.31. The van der Waals surface area contributed by atoms with E-state index in [2.05, 4.69) is 39.2 Å². The highest BCUT2D eigenvalue weighted by molar-refractivity contribution is 6.14. The third kappa shape index (κ3) is 5.90. The van der Waals surface area contributed by atoms with Crippen LogP contribution in [0.15, 0.2) is 48.0 Å². The van der Waals surface area contributed by atoms with E-state index in [1.54, 1.807) is 23.1 Å². The summed E-state index contributed by atoms with van der Waals surface area (Å²) < 4.78 is 3.78. The van der Waals surface area contributed by atoms with Crippen molar-refractivity contribution in [2.75, 3.05) is 19.6 Å². The monoisotopic (exact) mass is 530 g/mol. The Morgan fingerprint density at radius 3 is 2.69 bits per heavy atom. The second kappa shape index (κ2) is 11.4. The van der Waals surface area contributed by atoms with Crippen LogP contribution in [0.25, 0.3) is 10.9 Å². The van der Waals surface area contributed by atoms with Gasteiger partial charge in [0.25, 0.3) is 5.91 Å². The third-order valence-electron chi connectivity index (χ3n) is 7.58. The summed E-state index contributed by atoms with van der Waals surface area (Å²) in [5.41, 5.74) is 4.47. The van der Waals surface area contributed by atoms with Crippen molar-refractivity contribution in [3.05, 3.63) is 59.7 Å². The number of rotatable bonds is 9. The summed E-state index contributed by atoms with van der Waals surface area (Å²) in [6.07, 6.45) is 11.0. The molecule has 3 aromatic heterocycles. The molecule has 1 amide bonds. The van der Waals surface area contributed by atoms with Crippen molar-refractivity contribution >= 4 is 28.2 Å². The van der Waals surface area contributed by atoms with Crippen molar-refractivity contribution in [2.45, 2.75) is 58.5 Å². The number of nitrogens with zero attached hydrogens (tertiary/aromatic N) is 6. The highest BCUT2D eigenvalue weighted by Gasteiger charge is 2.23. The number of aromatic amines is 1. The van der Waals surface area contributed by atoms with Crippen LogP contribution in [0.1, 0.15) is 67.6 Å². The number of aliphatic imine (C=N–C) groups is 1. The Labute approximate surface area is 228 Å². The first-order valence-electron chi connectivity index (χ1n) is 13.8. The van der Waals surface area contributed by atoms with Gasteiger partial charge in [-0.05, 0) is 63.3 Å². The molecule has 1 saturated heterocycles. The quantitative estimate of drug-likeness (QED) is 0.278. The molecule has 0 atom stereocenters. The fourth-order valence-corrected chi connectivity index (χ4v) is 5.35. The van der Waals surface area contributed by atoms with Gasteiger partial charge in [-0.25, -0.2) is 4.99 Å². The molecule has 4 heterocycles. The normalized spacial score (nSPS) is 15.5. The van der Waals surface area contributed by atoms with Crippen molar-refractivity contribution in [1.82, 2.24) is 34.8 Å². The average Bonchev–Trinajstić information content (AvgIpc) is 3.65. The molecule has 206 valence electrons. The summed E-state index contributed by atoms with van der Waals surface area (Å²) in [7, 11) is 1.87. The van der Waals surface area contributed by atoms with E-state index in [4.69, 9.17) is 4.99 Å². The molecular formula is C29H38N8O2. The average molecular weight is 531 g/mol. The number of aromatic nitrogens is 5. The number of carbonyl (C=O) groups excluding carboxylic acids is 1. The van der Waals surface area contributed by atoms with Gasteiger partial charge in [-0.2, -0.15) is 10.2 Å². The van der Waals surface area contributed by atoms with Crippen LogP contribution in [-0.4, -0.2) is 71.8 Å². The van der Waals surface area contributed by atoms with Gasteiger partial charge >= 0.3 is 0 Å². The van der Waals surface area contributed by atoms with E-state index in [0.717, 1.165) is 53.8 Å². The summed E-state index contributed by atoms with van der Waals surface area (Å²) in [5.74, 6) is -0.111. The number of H-pyrrole nitrogens is 1. The largest absolute Gasteiger partial charge is 0.494 e. The number of benzene rings is 1. The maximum absolute atomic E-state index is 12.9. The molecule has 0 saturated carbocycles. The zero-order valence-electron chi connectivity index (χ0n) is 23.2. The summed E-state index contributed by atoms with van der Waals surface area (Å²) in [4.78, 5) is 23.3. The topological polar surface area (TPSA) is 116 Å². The Balaban J connectivity index is 1.33. The Morgan fingerprint density at radius 2 is 2.00 bits per heavy atom. The van der Waals surface area contributed by atoms with E-state index in [-0.39, 0.29) is 11.8 Å². The number of hydrogen-bond acceptors (Lipinski definition) is 6. The standard InChI is InChI=1S/C29H38N8O2/c1-5-25(33-22-16-32-37(18-22)23-9-12-36(13-10-23)19(2)3)27-24-14-21(6-7-26(24)34-29(27)39)28(38)30-11-8-20-15-31-35(4)17-20/h6-7,14-19,23,34,39H,5,8-13H2,1-4H3,(H,30,38). The van der Waals surface area contributed by atoms with E-state index in [1.165, 1.54) is 0 Å². The molecule has 0 bridgehead atoms. The van der Waals surface area contributed by atoms with Crippen molar-refractivity contribution in [1.29, 1.82) is 0 Å². The molecule has 39 heavy (non-hydrogen) atoms. The summed E-state index contributed by atoms with van der Waals surface area (Å²) in [6.45, 7) is 9.15. The minimum atomic E-state index is -0.160. The Morgan fingerprint density at radius 1 is 1.21 bits per heavy atom. The number of aryl methyl sites for hydroxylation is 1. The zero-order valence-corrected chi connectivity index (χ0v) is 23.2. The smallest absolute Gasteiger partial charge is 0.251 e. The number of fused-ring (bicyclic) bond motifs is 1. The van der Waals surface area contributed by atoms with Crippen LogP contribution in [0.3, 0.4) is 0 Å². The second-order valence-corrected chi connectivity index (χ2v) is 10.6. The SMILES string of the molecule is CCC(=Nc1cnn(C2CCN(C(C)C)CC2)c1)c1c(O)[nH]c2ccc(C(=O)NCCc3cnn(C)c3)cc12. The molecule has 1 aromatic carbocycles. The van der Waals surface area contributed by atoms with Crippen LogP contribution in [-0.2, 0) is 13.5 Å². The number of piperidine rings is 1. The number of carbonyl (C=O) groups is 1. The van der Waals surface area contributed by atoms with Crippen LogP contribution in [0, 0.1) is 0 Å². The maximum Gasteiger partial charge on any atom is 0.251 e. The van der Waals surface area contributed by atoms with E-state index in [1.807, 2.05) is 43.2 Å². The molecule has 10 nitrogen and oxygen atoms in total. The Kier molecular flexibility index (Phi) is 7.83. The zero-order chi connectivity index (χ0) is 27.5. The van der Waals surface area contributed by atoms with Gasteiger partial charge in [-0.1, -0.05) is 6.92 Å². The van der Waals surface area contributed by atoms with Crippen LogP contribution < -0.4 is 5.32 Å². The minimum Gasteiger partial charge on any atom is -0.494 e. The predicted molar refractivity (Wildman–Crippen MR) is 153 cm³/mol. The Bertz CT molecular complexity index is 1470. The van der Waals surface area contributed by atoms with E-state index in [0.29, 0.717) is 42.6 Å². The number of likely N-dealkylation sites (tertiary alicyclic amines) is 1. The van der Waals surface area contributed by atoms with Gasteiger partial charge in [0.2, 0.25) is 0 Å². The molecule has 10 heteroatoms. The van der Waals surface area contributed by atoms with Gasteiger partial charge < -0.3 is 20.3 Å². The second-order valence-electron chi connectivity index (χ2n) is 10.6. The fourth-order valence-electron chi connectivity index (χ4n) is 5.35. The lowest BCUT2D eigenvalue weighted by molar-refractivity contribution is 0.0954. The van der Waals surface area contributed by atoms with Crippen LogP contribution in [0.4, 0.5) is 5.69 Å². The summed E-state index contributed by atoms with van der Waals surface area (Å²) >= 11 is 0. The van der Waals surface area contributed by atoms with Gasteiger partial charge in [0.1, 0.15) is 5.69 Å². The van der Waals surface area contributed by atoms with Crippen LogP contribution in [0.2, 0.25) is 0 Å². The summed E-state index contributed by atoms with van der Waals surface area (Å²) in [5, 5.41) is 23.3. The molecule has 1 aliphatic heterocycles. The van der Waals surface area contributed by atoms with Gasteiger partial charge in [0.05, 0.1) is 35.9 Å². The van der Waals surface area contributed by atoms with E-state index < -0.39 is 0 Å². The van der Waals surface area contributed by atoms with Crippen molar-refractivity contribution < 1.29 is 9.90 Å². The molecule has 1 fully saturated rings. The van der Waals surface area contributed by atoms with Gasteiger partial charge in [-0.15, -0.1) is 0 Å². The molecule has 1 aliphatic rings. The summed E-state index contributed by atoms with van der Waals surface area (Å²) in [6, 6.07) is 6.34. The van der Waals surface area contributed by atoms with E-state index in [9.17, 15) is 9.90 Å². The first kappa shape index (κ1) is 26.7. The highest BCUT2D eigenvalue weighted by atomic mass is 16.3. The molecule has 4 aromatic rings. The van der Waals surface area contributed by atoms with Crippen LogP contribution in [0.5, 0.6) is 5.88 Å². The number of hydrogen-bond donors (Lipinski definition) is 3. The molecule has 0 radical (unpaired) electrons. The molecular weight excluding hydrogens is 492 g/mol. The number of amides is 1. The minimum absolute atomic E-state index is 0.0492. The molecule has 0 spiro atoms. The lowest BCUT2D eigenvalue weighted by atomic mass is 10.0. The van der Waals surface area contributed by atoms with Gasteiger partial charge in [-0.3, -0.25) is 14.2 Å². The van der Waals surface area contributed by atoms with Crippen molar-refractivity contribution in [3.63, 3.8) is 0 Å². The Hall–Kier alpha value is -3.92. The lowest BCUT2D eigenvalue weighted by Gasteiger charge is -2.34. The lowest BCUT2D eigenvalue weighted by Crippen LogP contribution is -2.39. The van der Waals surface area contributed by atoms with Gasteiger partial charge in [0.15, 0.2) is 5.88 Å². The molecule has 3 N–H and O–H groups in total. The number of aromatic hydroxyl groups is 1. The van der Waals surface area contributed by atoms with E-state index >= 15 is 0 Å².